The lowest BCUT2D eigenvalue weighted by atomic mass is 10.1. The zero-order valence-electron chi connectivity index (χ0n) is 8.87. The maximum atomic E-state index is 9.37. The second-order valence-electron chi connectivity index (χ2n) is 3.38. The average Bonchev–Trinajstić information content (AvgIpc) is 2.31. The van der Waals surface area contributed by atoms with E-state index in [-0.39, 0.29) is 0 Å². The summed E-state index contributed by atoms with van der Waals surface area (Å²) in [6.45, 7) is 1.75. The molecule has 1 aromatic heterocycles. The minimum Gasteiger partial charge on any atom is -0.389 e. The molecule has 0 unspecified atom stereocenters. The van der Waals surface area contributed by atoms with Crippen molar-refractivity contribution in [1.29, 1.82) is 0 Å². The van der Waals surface area contributed by atoms with Gasteiger partial charge in [0.05, 0.1) is 6.10 Å². The molecule has 0 aliphatic rings. The molecule has 1 N–H and O–H groups in total. The Morgan fingerprint density at radius 1 is 1.12 bits per heavy atom. The molecule has 0 saturated carbocycles. The minimum atomic E-state index is -0.424. The van der Waals surface area contributed by atoms with Gasteiger partial charge in [0.25, 0.3) is 0 Å². The monoisotopic (exact) mass is 232 g/mol. The van der Waals surface area contributed by atoms with Crippen LogP contribution in [0.25, 0.3) is 0 Å². The maximum absolute atomic E-state index is 9.37. The second kappa shape index (κ2) is 5.09. The van der Waals surface area contributed by atoms with Crippen LogP contribution in [0.4, 0.5) is 0 Å². The van der Waals surface area contributed by atoms with Gasteiger partial charge in [0, 0.05) is 17.3 Å². The summed E-state index contributed by atoms with van der Waals surface area (Å²) in [6.07, 6.45) is 3.02. The van der Waals surface area contributed by atoms with E-state index in [0.29, 0.717) is 0 Å². The van der Waals surface area contributed by atoms with Gasteiger partial charge in [0.2, 0.25) is 0 Å². The third kappa shape index (κ3) is 2.81. The molecule has 16 heavy (non-hydrogen) atoms. The van der Waals surface area contributed by atoms with E-state index in [1.807, 2.05) is 24.3 Å². The number of aromatic nitrogens is 2. The molecule has 1 aromatic carbocycles. The topological polar surface area (TPSA) is 46.0 Å². The van der Waals surface area contributed by atoms with Gasteiger partial charge < -0.3 is 5.11 Å². The Balaban J connectivity index is 2.11. The minimum absolute atomic E-state index is 0.424. The lowest BCUT2D eigenvalue weighted by Gasteiger charge is -2.05. The molecule has 1 heterocycles. The first kappa shape index (κ1) is 11.1. The molecule has 2 rings (SSSR count). The van der Waals surface area contributed by atoms with Gasteiger partial charge in [-0.2, -0.15) is 0 Å². The SMILES string of the molecule is C[C@H](O)c1ccc(Sc2ncccn2)cc1. The third-order valence-corrected chi connectivity index (χ3v) is 3.01. The number of rotatable bonds is 3. The van der Waals surface area contributed by atoms with Crippen LogP contribution in [0.3, 0.4) is 0 Å². The fourth-order valence-electron chi connectivity index (χ4n) is 1.26. The number of benzene rings is 1. The van der Waals surface area contributed by atoms with Crippen LogP contribution in [0.1, 0.15) is 18.6 Å². The highest BCUT2D eigenvalue weighted by Gasteiger charge is 2.02. The van der Waals surface area contributed by atoms with Crippen LogP contribution in [0.2, 0.25) is 0 Å². The Bertz CT molecular complexity index is 442. The van der Waals surface area contributed by atoms with Gasteiger partial charge >= 0.3 is 0 Å². The Morgan fingerprint density at radius 3 is 2.31 bits per heavy atom. The van der Waals surface area contributed by atoms with Crippen LogP contribution in [0.15, 0.2) is 52.8 Å². The van der Waals surface area contributed by atoms with E-state index in [2.05, 4.69) is 9.97 Å². The van der Waals surface area contributed by atoms with E-state index >= 15 is 0 Å². The number of hydrogen-bond donors (Lipinski definition) is 1. The van der Waals surface area contributed by atoms with Gasteiger partial charge in [0.1, 0.15) is 0 Å². The van der Waals surface area contributed by atoms with Gasteiger partial charge in [-0.1, -0.05) is 12.1 Å². The zero-order valence-corrected chi connectivity index (χ0v) is 9.69. The zero-order chi connectivity index (χ0) is 11.4. The Hall–Kier alpha value is -1.39. The quantitative estimate of drug-likeness (QED) is 0.826. The summed E-state index contributed by atoms with van der Waals surface area (Å²) in [7, 11) is 0. The molecule has 3 nitrogen and oxygen atoms in total. The van der Waals surface area contributed by atoms with E-state index in [0.717, 1.165) is 15.6 Å². The van der Waals surface area contributed by atoms with E-state index in [1.54, 1.807) is 25.4 Å². The van der Waals surface area contributed by atoms with Gasteiger partial charge in [0.15, 0.2) is 5.16 Å². The summed E-state index contributed by atoms with van der Waals surface area (Å²) in [6, 6.07) is 9.54. The predicted molar refractivity (Wildman–Crippen MR) is 63.2 cm³/mol. The summed E-state index contributed by atoms with van der Waals surface area (Å²) in [5.41, 5.74) is 0.915. The fourth-order valence-corrected chi connectivity index (χ4v) is 1.97. The Labute approximate surface area is 98.6 Å². The average molecular weight is 232 g/mol. The molecule has 0 aliphatic heterocycles. The fraction of sp³-hybridized carbons (Fsp3) is 0.167. The van der Waals surface area contributed by atoms with Crippen LogP contribution in [-0.2, 0) is 0 Å². The van der Waals surface area contributed by atoms with Gasteiger partial charge in [-0.05, 0) is 42.4 Å². The number of nitrogens with zero attached hydrogens (tertiary/aromatic N) is 2. The largest absolute Gasteiger partial charge is 0.389 e. The first-order chi connectivity index (χ1) is 7.75. The maximum Gasteiger partial charge on any atom is 0.192 e. The highest BCUT2D eigenvalue weighted by molar-refractivity contribution is 7.99. The molecule has 2 aromatic rings. The Kier molecular flexibility index (Phi) is 3.54. The molecule has 0 radical (unpaired) electrons. The summed E-state index contributed by atoms with van der Waals surface area (Å²) in [5.74, 6) is 0. The number of aliphatic hydroxyl groups is 1. The van der Waals surface area contributed by atoms with Crippen molar-refractivity contribution in [1.82, 2.24) is 9.97 Å². The molecule has 4 heteroatoms. The van der Waals surface area contributed by atoms with Crippen LogP contribution in [-0.4, -0.2) is 15.1 Å². The summed E-state index contributed by atoms with van der Waals surface area (Å²) >= 11 is 1.50. The van der Waals surface area contributed by atoms with Crippen molar-refractivity contribution in [3.8, 4) is 0 Å². The van der Waals surface area contributed by atoms with Crippen molar-refractivity contribution >= 4 is 11.8 Å². The molecular formula is C12H12N2OS. The molecule has 0 aliphatic carbocycles. The van der Waals surface area contributed by atoms with E-state index in [1.165, 1.54) is 11.8 Å². The van der Waals surface area contributed by atoms with Gasteiger partial charge in [-0.15, -0.1) is 0 Å². The predicted octanol–water partition coefficient (Wildman–Crippen LogP) is 2.68. The van der Waals surface area contributed by atoms with Crippen molar-refractivity contribution in [2.75, 3.05) is 0 Å². The summed E-state index contributed by atoms with van der Waals surface area (Å²) in [4.78, 5) is 9.33. The highest BCUT2D eigenvalue weighted by atomic mass is 32.2. The normalized spacial score (nSPS) is 12.4. The third-order valence-electron chi connectivity index (χ3n) is 2.11. The smallest absolute Gasteiger partial charge is 0.192 e. The molecule has 0 spiro atoms. The van der Waals surface area contributed by atoms with Crippen molar-refractivity contribution in [3.63, 3.8) is 0 Å². The number of hydrogen-bond acceptors (Lipinski definition) is 4. The van der Waals surface area contributed by atoms with Crippen LogP contribution >= 0.6 is 11.8 Å². The van der Waals surface area contributed by atoms with Gasteiger partial charge in [-0.3, -0.25) is 0 Å². The van der Waals surface area contributed by atoms with Crippen molar-refractivity contribution in [2.45, 2.75) is 23.1 Å². The highest BCUT2D eigenvalue weighted by Crippen LogP contribution is 2.25. The summed E-state index contributed by atoms with van der Waals surface area (Å²) in [5, 5.41) is 10.1. The van der Waals surface area contributed by atoms with E-state index in [4.69, 9.17) is 0 Å². The van der Waals surface area contributed by atoms with Crippen LogP contribution < -0.4 is 0 Å². The van der Waals surface area contributed by atoms with Crippen molar-refractivity contribution < 1.29 is 5.11 Å². The molecule has 0 fully saturated rings. The molecule has 1 atom stereocenters. The van der Waals surface area contributed by atoms with Crippen LogP contribution in [0.5, 0.6) is 0 Å². The van der Waals surface area contributed by atoms with Crippen LogP contribution in [0, 0.1) is 0 Å². The second-order valence-corrected chi connectivity index (χ2v) is 4.42. The molecule has 0 saturated heterocycles. The molecule has 82 valence electrons. The van der Waals surface area contributed by atoms with E-state index < -0.39 is 6.10 Å². The summed E-state index contributed by atoms with van der Waals surface area (Å²) < 4.78 is 0. The molecule has 0 amide bonds. The lowest BCUT2D eigenvalue weighted by Crippen LogP contribution is -1.90. The Morgan fingerprint density at radius 2 is 1.75 bits per heavy atom. The first-order valence-electron chi connectivity index (χ1n) is 4.98. The van der Waals surface area contributed by atoms with E-state index in [9.17, 15) is 5.11 Å². The van der Waals surface area contributed by atoms with Crippen molar-refractivity contribution in [3.05, 3.63) is 48.3 Å². The molecular weight excluding hydrogens is 220 g/mol. The number of aliphatic hydroxyl groups excluding tert-OH is 1. The standard InChI is InChI=1S/C12H12N2OS/c1-9(15)10-3-5-11(6-4-10)16-12-13-7-2-8-14-12/h2-9,15H,1H3/t9-/m0/s1. The molecule has 0 bridgehead atoms. The first-order valence-corrected chi connectivity index (χ1v) is 5.80. The van der Waals surface area contributed by atoms with Gasteiger partial charge in [-0.25, -0.2) is 9.97 Å². The lowest BCUT2D eigenvalue weighted by molar-refractivity contribution is 0.199. The van der Waals surface area contributed by atoms with Crippen molar-refractivity contribution in [2.24, 2.45) is 0 Å².